The van der Waals surface area contributed by atoms with Gasteiger partial charge in [0.2, 0.25) is 0 Å². The zero-order chi connectivity index (χ0) is 14.7. The summed E-state index contributed by atoms with van der Waals surface area (Å²) in [5, 5.41) is 7.72. The maximum atomic E-state index is 6.00. The van der Waals surface area contributed by atoms with Gasteiger partial charge in [0.25, 0.3) is 0 Å². The monoisotopic (exact) mass is 309 g/mol. The Balaban J connectivity index is 2.23. The van der Waals surface area contributed by atoms with Gasteiger partial charge in [0.15, 0.2) is 16.7 Å². The number of aromatic amines is 1. The zero-order valence-corrected chi connectivity index (χ0v) is 13.0. The Labute approximate surface area is 128 Å². The Morgan fingerprint density at radius 2 is 2.35 bits per heavy atom. The van der Waals surface area contributed by atoms with Crippen molar-refractivity contribution in [1.29, 1.82) is 0 Å². The number of halogens is 1. The van der Waals surface area contributed by atoms with Gasteiger partial charge in [-0.1, -0.05) is 17.7 Å². The smallest absolute Gasteiger partial charge is 0.195 e. The van der Waals surface area contributed by atoms with Gasteiger partial charge >= 0.3 is 0 Å². The second-order valence-corrected chi connectivity index (χ2v) is 5.25. The van der Waals surface area contributed by atoms with Crippen molar-refractivity contribution in [1.82, 2.24) is 14.8 Å². The van der Waals surface area contributed by atoms with E-state index in [2.05, 4.69) is 16.8 Å². The van der Waals surface area contributed by atoms with Crippen molar-refractivity contribution in [2.24, 2.45) is 0 Å². The number of nitrogens with one attached hydrogen (secondary N) is 1. The van der Waals surface area contributed by atoms with Crippen molar-refractivity contribution >= 4 is 23.8 Å². The van der Waals surface area contributed by atoms with Crippen LogP contribution in [0.15, 0.2) is 30.9 Å². The maximum absolute atomic E-state index is 6.00. The molecule has 2 rings (SSSR count). The van der Waals surface area contributed by atoms with Gasteiger partial charge in [0.1, 0.15) is 5.75 Å². The van der Waals surface area contributed by atoms with Gasteiger partial charge in [0, 0.05) is 11.6 Å². The van der Waals surface area contributed by atoms with Crippen molar-refractivity contribution in [3.05, 3.63) is 52.0 Å². The molecule has 0 bridgehead atoms. The van der Waals surface area contributed by atoms with Gasteiger partial charge in [-0.3, -0.25) is 9.67 Å². The van der Waals surface area contributed by atoms with Gasteiger partial charge in [-0.25, -0.2) is 0 Å². The third-order valence-corrected chi connectivity index (χ3v) is 3.64. The highest BCUT2D eigenvalue weighted by molar-refractivity contribution is 7.71. The van der Waals surface area contributed by atoms with Crippen molar-refractivity contribution in [2.45, 2.75) is 26.5 Å². The van der Waals surface area contributed by atoms with Crippen LogP contribution in [0, 0.1) is 11.7 Å². The summed E-state index contributed by atoms with van der Waals surface area (Å²) in [6.07, 6.45) is 1.54. The number of ether oxygens (including phenoxy) is 1. The second-order valence-electron chi connectivity index (χ2n) is 4.46. The van der Waals surface area contributed by atoms with Crippen molar-refractivity contribution in [3.8, 4) is 5.75 Å². The lowest BCUT2D eigenvalue weighted by molar-refractivity contribution is 0.211. The van der Waals surface area contributed by atoms with Crippen LogP contribution in [0.3, 0.4) is 0 Å². The van der Waals surface area contributed by atoms with E-state index in [0.29, 0.717) is 11.3 Å². The molecule has 0 fully saturated rings. The lowest BCUT2D eigenvalue weighted by atomic mass is 10.2. The molecule has 0 saturated heterocycles. The molecular weight excluding hydrogens is 294 g/mol. The molecule has 1 atom stereocenters. The van der Waals surface area contributed by atoms with E-state index >= 15 is 0 Å². The van der Waals surface area contributed by atoms with Gasteiger partial charge in [-0.05, 0) is 49.8 Å². The first kappa shape index (κ1) is 14.8. The number of H-pyrrole nitrogens is 1. The molecule has 0 spiro atoms. The number of allylic oxidation sites excluding steroid dienone is 1. The van der Waals surface area contributed by atoms with Crippen molar-refractivity contribution in [3.63, 3.8) is 0 Å². The van der Waals surface area contributed by atoms with Gasteiger partial charge in [-0.2, -0.15) is 5.10 Å². The lowest BCUT2D eigenvalue weighted by Crippen LogP contribution is -2.11. The van der Waals surface area contributed by atoms with E-state index < -0.39 is 0 Å². The fourth-order valence-corrected chi connectivity index (χ4v) is 2.22. The number of nitrogens with zero attached hydrogens (tertiary/aromatic N) is 2. The van der Waals surface area contributed by atoms with Crippen molar-refractivity contribution < 1.29 is 4.74 Å². The summed E-state index contributed by atoms with van der Waals surface area (Å²) in [4.78, 5) is 0. The van der Waals surface area contributed by atoms with Crippen LogP contribution in [0.2, 0.25) is 5.02 Å². The highest BCUT2D eigenvalue weighted by atomic mass is 35.5. The molecule has 0 unspecified atom stereocenters. The number of benzene rings is 1. The van der Waals surface area contributed by atoms with Crippen LogP contribution in [-0.2, 0) is 6.54 Å². The molecule has 1 aromatic carbocycles. The minimum atomic E-state index is -0.233. The molecule has 0 radical (unpaired) electrons. The van der Waals surface area contributed by atoms with E-state index in [9.17, 15) is 0 Å². The van der Waals surface area contributed by atoms with Crippen LogP contribution < -0.4 is 4.74 Å². The lowest BCUT2D eigenvalue weighted by Gasteiger charge is -2.15. The summed E-state index contributed by atoms with van der Waals surface area (Å²) in [5.74, 6) is 1.49. The standard InChI is InChI=1S/C14H16ClN3OS/c1-4-7-18-13(16-17-14(18)20)10(3)19-11-5-6-12(15)9(2)8-11/h4-6,8,10H,1,7H2,2-3H3,(H,17,20)/t10-/m0/s1. The Hall–Kier alpha value is -1.59. The molecule has 6 heteroatoms. The first-order valence-corrected chi connectivity index (χ1v) is 7.00. The van der Waals surface area contributed by atoms with Gasteiger partial charge < -0.3 is 4.74 Å². The molecule has 0 aliphatic heterocycles. The van der Waals surface area contributed by atoms with Crippen LogP contribution in [0.1, 0.15) is 24.4 Å². The third kappa shape index (κ3) is 3.11. The van der Waals surface area contributed by atoms with Crippen LogP contribution in [0.5, 0.6) is 5.75 Å². The van der Waals surface area contributed by atoms with Crippen LogP contribution in [0.25, 0.3) is 0 Å². The summed E-state index contributed by atoms with van der Waals surface area (Å²) in [5.41, 5.74) is 0.973. The topological polar surface area (TPSA) is 42.8 Å². The molecule has 2 aromatic rings. The van der Waals surface area contributed by atoms with E-state index in [0.717, 1.165) is 22.2 Å². The molecule has 4 nitrogen and oxygen atoms in total. The Morgan fingerprint density at radius 3 is 3.00 bits per heavy atom. The fraction of sp³-hybridized carbons (Fsp3) is 0.286. The van der Waals surface area contributed by atoms with Gasteiger partial charge in [0.05, 0.1) is 0 Å². The van der Waals surface area contributed by atoms with Crippen LogP contribution in [-0.4, -0.2) is 14.8 Å². The minimum absolute atomic E-state index is 0.233. The van der Waals surface area contributed by atoms with E-state index in [1.807, 2.05) is 36.6 Å². The van der Waals surface area contributed by atoms with Crippen LogP contribution >= 0.6 is 23.8 Å². The predicted octanol–water partition coefficient (Wildman–Crippen LogP) is 4.23. The zero-order valence-electron chi connectivity index (χ0n) is 11.4. The van der Waals surface area contributed by atoms with E-state index in [1.165, 1.54) is 0 Å². The number of aromatic nitrogens is 3. The molecule has 20 heavy (non-hydrogen) atoms. The summed E-state index contributed by atoms with van der Waals surface area (Å²) < 4.78 is 8.31. The Kier molecular flexibility index (Phi) is 4.62. The molecular formula is C14H16ClN3OS. The van der Waals surface area contributed by atoms with Crippen molar-refractivity contribution in [2.75, 3.05) is 0 Å². The number of hydrogen-bond acceptors (Lipinski definition) is 3. The maximum Gasteiger partial charge on any atom is 0.195 e. The van der Waals surface area contributed by atoms with E-state index in [1.54, 1.807) is 6.08 Å². The fourth-order valence-electron chi connectivity index (χ4n) is 1.89. The highest BCUT2D eigenvalue weighted by Gasteiger charge is 2.15. The molecule has 0 amide bonds. The SMILES string of the molecule is C=CCn1c([C@H](C)Oc2ccc(Cl)c(C)c2)n[nH]c1=S. The Bertz CT molecular complexity index is 677. The normalized spacial score (nSPS) is 12.2. The summed E-state index contributed by atoms with van der Waals surface area (Å²) >= 11 is 11.2. The molecule has 0 saturated carbocycles. The average molecular weight is 310 g/mol. The summed E-state index contributed by atoms with van der Waals surface area (Å²) in [6, 6.07) is 5.56. The first-order valence-electron chi connectivity index (χ1n) is 6.21. The molecule has 0 aliphatic carbocycles. The number of hydrogen-bond donors (Lipinski definition) is 1. The number of rotatable bonds is 5. The van der Waals surface area contributed by atoms with E-state index in [-0.39, 0.29) is 6.10 Å². The molecule has 0 aliphatic rings. The molecule has 1 aromatic heterocycles. The second kappa shape index (κ2) is 6.24. The molecule has 1 heterocycles. The predicted molar refractivity (Wildman–Crippen MR) is 82.8 cm³/mol. The van der Waals surface area contributed by atoms with E-state index in [4.69, 9.17) is 28.6 Å². The quantitative estimate of drug-likeness (QED) is 0.664. The largest absolute Gasteiger partial charge is 0.483 e. The third-order valence-electron chi connectivity index (χ3n) is 2.91. The highest BCUT2D eigenvalue weighted by Crippen LogP contribution is 2.25. The molecule has 106 valence electrons. The summed E-state index contributed by atoms with van der Waals surface area (Å²) in [6.45, 7) is 8.18. The molecule has 1 N–H and O–H groups in total. The summed E-state index contributed by atoms with van der Waals surface area (Å²) in [7, 11) is 0. The first-order chi connectivity index (χ1) is 9.52. The average Bonchev–Trinajstić information content (AvgIpc) is 2.76. The van der Waals surface area contributed by atoms with Gasteiger partial charge in [-0.15, -0.1) is 6.58 Å². The van der Waals surface area contributed by atoms with Crippen LogP contribution in [0.4, 0.5) is 0 Å². The Morgan fingerprint density at radius 1 is 1.60 bits per heavy atom. The minimum Gasteiger partial charge on any atom is -0.483 e. The number of aryl methyl sites for hydroxylation is 1.